The molecule has 28 heavy (non-hydrogen) atoms. The summed E-state index contributed by atoms with van der Waals surface area (Å²) < 4.78 is 1.33. The maximum absolute atomic E-state index is 13.0. The molecule has 0 saturated heterocycles. The number of amides is 1. The predicted molar refractivity (Wildman–Crippen MR) is 106 cm³/mol. The quantitative estimate of drug-likeness (QED) is 0.487. The summed E-state index contributed by atoms with van der Waals surface area (Å²) in [6, 6.07) is 16.1. The SMILES string of the molecule is CN1C(=O)/C(=c2\sc3nc(=O)c(-c4ccccc4)nn3c2=O)c2ccccc21. The van der Waals surface area contributed by atoms with Crippen LogP contribution in [-0.2, 0) is 4.79 Å². The average molecular weight is 388 g/mol. The van der Waals surface area contributed by atoms with Gasteiger partial charge in [0.1, 0.15) is 4.53 Å². The first-order valence-electron chi connectivity index (χ1n) is 8.47. The Morgan fingerprint density at radius 3 is 2.43 bits per heavy atom. The Morgan fingerprint density at radius 1 is 0.929 bits per heavy atom. The molecule has 1 aliphatic heterocycles. The van der Waals surface area contributed by atoms with Crippen LogP contribution in [0.3, 0.4) is 0 Å². The Balaban J connectivity index is 1.86. The Labute approximate surface area is 161 Å². The van der Waals surface area contributed by atoms with E-state index in [-0.39, 0.29) is 21.1 Å². The molecular weight excluding hydrogens is 376 g/mol. The largest absolute Gasteiger partial charge is 0.311 e. The van der Waals surface area contributed by atoms with Crippen molar-refractivity contribution in [1.29, 1.82) is 0 Å². The molecule has 0 unspecified atom stereocenters. The topological polar surface area (TPSA) is 84.6 Å². The van der Waals surface area contributed by atoms with Crippen molar-refractivity contribution in [3.8, 4) is 11.3 Å². The fourth-order valence-corrected chi connectivity index (χ4v) is 4.32. The fraction of sp³-hybridized carbons (Fsp3) is 0.0500. The molecule has 0 N–H and O–H groups in total. The van der Waals surface area contributed by atoms with Gasteiger partial charge in [-0.15, -0.1) is 0 Å². The third kappa shape index (κ3) is 2.25. The van der Waals surface area contributed by atoms with Crippen LogP contribution in [0.5, 0.6) is 0 Å². The molecule has 3 heterocycles. The van der Waals surface area contributed by atoms with Crippen molar-refractivity contribution in [2.24, 2.45) is 0 Å². The number of anilines is 1. The number of aromatic nitrogens is 3. The molecule has 0 saturated carbocycles. The van der Waals surface area contributed by atoms with Gasteiger partial charge in [-0.05, 0) is 6.07 Å². The molecule has 8 heteroatoms. The number of thiazole rings is 1. The van der Waals surface area contributed by atoms with Crippen molar-refractivity contribution in [3.63, 3.8) is 0 Å². The lowest BCUT2D eigenvalue weighted by Gasteiger charge is -2.07. The second-order valence-corrected chi connectivity index (χ2v) is 7.30. The average Bonchev–Trinajstić information content (AvgIpc) is 3.16. The number of hydrogen-bond donors (Lipinski definition) is 0. The molecule has 2 aromatic carbocycles. The van der Waals surface area contributed by atoms with Gasteiger partial charge >= 0.3 is 5.56 Å². The molecule has 1 aliphatic rings. The van der Waals surface area contributed by atoms with Crippen molar-refractivity contribution in [1.82, 2.24) is 14.6 Å². The van der Waals surface area contributed by atoms with E-state index in [4.69, 9.17) is 0 Å². The predicted octanol–water partition coefficient (Wildman–Crippen LogP) is 1.07. The molecule has 0 aliphatic carbocycles. The van der Waals surface area contributed by atoms with Gasteiger partial charge in [-0.1, -0.05) is 59.9 Å². The van der Waals surface area contributed by atoms with E-state index in [0.29, 0.717) is 16.7 Å². The third-order valence-electron chi connectivity index (χ3n) is 4.69. The van der Waals surface area contributed by atoms with E-state index < -0.39 is 11.1 Å². The zero-order valence-corrected chi connectivity index (χ0v) is 15.4. The van der Waals surface area contributed by atoms with Crippen molar-refractivity contribution >= 4 is 33.5 Å². The first-order chi connectivity index (χ1) is 13.6. The van der Waals surface area contributed by atoms with Crippen LogP contribution in [0.2, 0.25) is 0 Å². The number of fused-ring (bicyclic) bond motifs is 2. The molecular formula is C20H12N4O3S. The van der Waals surface area contributed by atoms with Gasteiger partial charge in [0.2, 0.25) is 4.96 Å². The minimum Gasteiger partial charge on any atom is -0.311 e. The number of nitrogens with zero attached hydrogens (tertiary/aromatic N) is 4. The number of para-hydroxylation sites is 1. The zero-order valence-electron chi connectivity index (χ0n) is 14.6. The summed E-state index contributed by atoms with van der Waals surface area (Å²) in [5.41, 5.74) is 1.44. The lowest BCUT2D eigenvalue weighted by molar-refractivity contribution is -0.112. The van der Waals surface area contributed by atoms with Gasteiger partial charge in [0, 0.05) is 18.2 Å². The number of likely N-dealkylation sites (N-methyl/N-ethyl adjacent to an activating group) is 1. The fourth-order valence-electron chi connectivity index (χ4n) is 3.33. The first-order valence-corrected chi connectivity index (χ1v) is 9.29. The molecule has 4 aromatic rings. The summed E-state index contributed by atoms with van der Waals surface area (Å²) in [5, 5.41) is 4.24. The smallest absolute Gasteiger partial charge is 0.300 e. The molecule has 0 bridgehead atoms. The summed E-state index contributed by atoms with van der Waals surface area (Å²) in [6.45, 7) is 0. The maximum atomic E-state index is 13.0. The van der Waals surface area contributed by atoms with Crippen LogP contribution in [0.15, 0.2) is 64.2 Å². The van der Waals surface area contributed by atoms with Crippen LogP contribution in [0.4, 0.5) is 5.69 Å². The summed E-state index contributed by atoms with van der Waals surface area (Å²) in [4.78, 5) is 44.0. The van der Waals surface area contributed by atoms with Crippen molar-refractivity contribution < 1.29 is 4.79 Å². The van der Waals surface area contributed by atoms with E-state index in [2.05, 4.69) is 10.1 Å². The molecule has 1 amide bonds. The van der Waals surface area contributed by atoms with Crippen molar-refractivity contribution in [2.45, 2.75) is 0 Å². The Kier molecular flexibility index (Phi) is 3.50. The highest BCUT2D eigenvalue weighted by Gasteiger charge is 2.31. The lowest BCUT2D eigenvalue weighted by Crippen LogP contribution is -2.31. The van der Waals surface area contributed by atoms with E-state index in [0.717, 1.165) is 21.5 Å². The molecule has 2 aromatic heterocycles. The monoisotopic (exact) mass is 388 g/mol. The van der Waals surface area contributed by atoms with Crippen LogP contribution in [0.25, 0.3) is 21.8 Å². The van der Waals surface area contributed by atoms with Crippen molar-refractivity contribution in [2.75, 3.05) is 11.9 Å². The molecule has 7 nitrogen and oxygen atoms in total. The highest BCUT2D eigenvalue weighted by molar-refractivity contribution is 7.15. The van der Waals surface area contributed by atoms with E-state index >= 15 is 0 Å². The van der Waals surface area contributed by atoms with Gasteiger partial charge in [0.25, 0.3) is 11.5 Å². The standard InChI is InChI=1S/C20H12N4O3S/c1-23-13-10-6-5-9-12(13)14(18(23)26)16-19(27)24-20(28-16)21-17(25)15(22-24)11-7-3-2-4-8-11/h2-10H,1H3/b16-14-. The molecule has 136 valence electrons. The Hall–Kier alpha value is -3.65. The normalized spacial score (nSPS) is 15.3. The minimum absolute atomic E-state index is 0.0971. The van der Waals surface area contributed by atoms with Crippen LogP contribution in [0, 0.1) is 0 Å². The molecule has 0 fully saturated rings. The van der Waals surface area contributed by atoms with E-state index in [1.165, 1.54) is 4.90 Å². The van der Waals surface area contributed by atoms with Crippen LogP contribution in [-0.4, -0.2) is 27.6 Å². The number of rotatable bonds is 1. The number of hydrogen-bond acceptors (Lipinski definition) is 6. The molecule has 0 atom stereocenters. The van der Waals surface area contributed by atoms with Crippen LogP contribution < -0.4 is 20.6 Å². The van der Waals surface area contributed by atoms with Crippen molar-refractivity contribution in [3.05, 3.63) is 85.4 Å². The van der Waals surface area contributed by atoms with Crippen LogP contribution >= 0.6 is 11.3 Å². The van der Waals surface area contributed by atoms with Gasteiger partial charge < -0.3 is 4.90 Å². The molecule has 0 radical (unpaired) electrons. The number of carbonyl (C=O) groups is 1. The Morgan fingerprint density at radius 2 is 1.64 bits per heavy atom. The summed E-state index contributed by atoms with van der Waals surface area (Å²) in [7, 11) is 1.67. The van der Waals surface area contributed by atoms with E-state index in [1.54, 1.807) is 37.4 Å². The van der Waals surface area contributed by atoms with Gasteiger partial charge in [-0.2, -0.15) is 14.6 Å². The van der Waals surface area contributed by atoms with Crippen LogP contribution in [0.1, 0.15) is 5.56 Å². The van der Waals surface area contributed by atoms with E-state index in [1.807, 2.05) is 24.3 Å². The van der Waals surface area contributed by atoms with Gasteiger partial charge in [-0.25, -0.2) is 0 Å². The highest BCUT2D eigenvalue weighted by Crippen LogP contribution is 2.33. The second-order valence-electron chi connectivity index (χ2n) is 6.32. The van der Waals surface area contributed by atoms with Gasteiger partial charge in [0.15, 0.2) is 5.69 Å². The highest BCUT2D eigenvalue weighted by atomic mass is 32.1. The third-order valence-corrected chi connectivity index (χ3v) is 5.72. The lowest BCUT2D eigenvalue weighted by atomic mass is 10.1. The summed E-state index contributed by atoms with van der Waals surface area (Å²) in [6.07, 6.45) is 0. The van der Waals surface area contributed by atoms with E-state index in [9.17, 15) is 14.4 Å². The summed E-state index contributed by atoms with van der Waals surface area (Å²) in [5.74, 6) is -0.268. The number of carbonyl (C=O) groups excluding carboxylic acids is 1. The van der Waals surface area contributed by atoms with Gasteiger partial charge in [0.05, 0.1) is 11.3 Å². The molecule has 5 rings (SSSR count). The minimum atomic E-state index is -0.515. The zero-order chi connectivity index (χ0) is 19.4. The Bertz CT molecular complexity index is 1440. The molecule has 0 spiro atoms. The summed E-state index contributed by atoms with van der Waals surface area (Å²) >= 11 is 1.00. The maximum Gasteiger partial charge on any atom is 0.300 e. The van der Waals surface area contributed by atoms with Gasteiger partial charge in [-0.3, -0.25) is 14.4 Å². The first kappa shape index (κ1) is 16.5. The number of benzene rings is 2. The second kappa shape index (κ2) is 5.93.